The minimum atomic E-state index is -3.65. The Morgan fingerprint density at radius 2 is 1.51 bits per heavy atom. The summed E-state index contributed by atoms with van der Waals surface area (Å²) < 4.78 is 38.2. The van der Waals surface area contributed by atoms with Gasteiger partial charge in [0.15, 0.2) is 11.5 Å². The van der Waals surface area contributed by atoms with Crippen LogP contribution in [0, 0.1) is 0 Å². The lowest BCUT2D eigenvalue weighted by atomic mass is 9.94. The van der Waals surface area contributed by atoms with Gasteiger partial charge in [-0.2, -0.15) is 0 Å². The second kappa shape index (κ2) is 15.3. The highest BCUT2D eigenvalue weighted by molar-refractivity contribution is 7.92. The summed E-state index contributed by atoms with van der Waals surface area (Å²) in [6.07, 6.45) is 7.11. The number of sulfonamides is 1. The summed E-state index contributed by atoms with van der Waals surface area (Å²) in [5.74, 6) is 0.713. The van der Waals surface area contributed by atoms with Crippen molar-refractivity contribution in [2.45, 2.75) is 70.0 Å². The molecular formula is C35H43N3O6S. The molecule has 1 atom stereocenters. The molecule has 1 saturated carbocycles. The lowest BCUT2D eigenvalue weighted by Crippen LogP contribution is -2.52. The van der Waals surface area contributed by atoms with Crippen LogP contribution in [-0.4, -0.2) is 63.2 Å². The van der Waals surface area contributed by atoms with Crippen LogP contribution in [0.5, 0.6) is 11.5 Å². The van der Waals surface area contributed by atoms with E-state index in [2.05, 4.69) is 5.32 Å². The largest absolute Gasteiger partial charge is 0.486 e. The van der Waals surface area contributed by atoms with Crippen LogP contribution in [0.3, 0.4) is 0 Å². The van der Waals surface area contributed by atoms with Gasteiger partial charge in [-0.25, -0.2) is 8.42 Å². The first-order valence-electron chi connectivity index (χ1n) is 15.8. The maximum absolute atomic E-state index is 14.1. The van der Waals surface area contributed by atoms with Crippen molar-refractivity contribution < 1.29 is 27.5 Å². The molecule has 3 aromatic rings. The number of amides is 2. The highest BCUT2D eigenvalue weighted by Crippen LogP contribution is 2.35. The number of ether oxygens (including phenoxy) is 2. The van der Waals surface area contributed by atoms with E-state index in [1.165, 1.54) is 10.7 Å². The SMILES string of the molecule is CS(=O)(=O)N(CCCC(=O)N(Cc1ccccc1)C(Cc1ccccc1)C(=O)NC1CCCCC1)c1ccc2c(c1)OCCO2. The van der Waals surface area contributed by atoms with E-state index in [4.69, 9.17) is 9.47 Å². The summed E-state index contributed by atoms with van der Waals surface area (Å²) in [7, 11) is -3.65. The van der Waals surface area contributed by atoms with Gasteiger partial charge in [0.05, 0.1) is 11.9 Å². The summed E-state index contributed by atoms with van der Waals surface area (Å²) >= 11 is 0. The molecule has 2 aliphatic rings. The van der Waals surface area contributed by atoms with E-state index in [9.17, 15) is 18.0 Å². The molecule has 1 aliphatic heterocycles. The summed E-state index contributed by atoms with van der Waals surface area (Å²) in [5.41, 5.74) is 2.33. The first-order chi connectivity index (χ1) is 21.8. The average Bonchev–Trinajstić information content (AvgIpc) is 3.05. The van der Waals surface area contributed by atoms with Gasteiger partial charge in [-0.3, -0.25) is 13.9 Å². The molecule has 0 spiro atoms. The molecule has 2 amide bonds. The maximum atomic E-state index is 14.1. The lowest BCUT2D eigenvalue weighted by molar-refractivity contribution is -0.141. The van der Waals surface area contributed by atoms with Crippen LogP contribution in [-0.2, 0) is 32.6 Å². The van der Waals surface area contributed by atoms with Gasteiger partial charge in [-0.1, -0.05) is 79.9 Å². The fraction of sp³-hybridized carbons (Fsp3) is 0.429. The van der Waals surface area contributed by atoms with Gasteiger partial charge in [0.25, 0.3) is 0 Å². The first-order valence-corrected chi connectivity index (χ1v) is 17.7. The lowest BCUT2D eigenvalue weighted by Gasteiger charge is -2.34. The van der Waals surface area contributed by atoms with Crippen LogP contribution in [0.2, 0.25) is 0 Å². The van der Waals surface area contributed by atoms with Crippen LogP contribution in [0.15, 0.2) is 78.9 Å². The molecule has 1 heterocycles. The molecule has 3 aromatic carbocycles. The summed E-state index contributed by atoms with van der Waals surface area (Å²) in [6, 6.07) is 23.9. The number of hydrogen-bond donors (Lipinski definition) is 1. The van der Waals surface area contributed by atoms with E-state index < -0.39 is 16.1 Å². The zero-order valence-electron chi connectivity index (χ0n) is 25.9. The highest BCUT2D eigenvalue weighted by atomic mass is 32.2. The van der Waals surface area contributed by atoms with Crippen molar-refractivity contribution in [2.75, 3.05) is 30.3 Å². The molecule has 5 rings (SSSR count). The van der Waals surface area contributed by atoms with Gasteiger partial charge in [0.2, 0.25) is 21.8 Å². The third kappa shape index (κ3) is 9.00. The molecule has 0 saturated heterocycles. The number of carbonyl (C=O) groups excluding carboxylic acids is 2. The minimum Gasteiger partial charge on any atom is -0.486 e. The predicted octanol–water partition coefficient (Wildman–Crippen LogP) is 5.09. The minimum absolute atomic E-state index is 0.0748. The molecule has 9 nitrogen and oxygen atoms in total. The van der Waals surface area contributed by atoms with Crippen molar-refractivity contribution in [3.63, 3.8) is 0 Å². The molecule has 45 heavy (non-hydrogen) atoms. The Balaban J connectivity index is 1.36. The van der Waals surface area contributed by atoms with Crippen molar-refractivity contribution >= 4 is 27.5 Å². The van der Waals surface area contributed by atoms with Crippen LogP contribution in [0.4, 0.5) is 5.69 Å². The average molecular weight is 634 g/mol. The zero-order valence-corrected chi connectivity index (χ0v) is 26.7. The normalized spacial score (nSPS) is 15.6. The highest BCUT2D eigenvalue weighted by Gasteiger charge is 2.32. The van der Waals surface area contributed by atoms with Gasteiger partial charge in [0, 0.05) is 38.0 Å². The fourth-order valence-corrected chi connectivity index (χ4v) is 7.03. The van der Waals surface area contributed by atoms with Crippen molar-refractivity contribution in [3.05, 3.63) is 90.0 Å². The topological polar surface area (TPSA) is 105 Å². The quantitative estimate of drug-likeness (QED) is 0.281. The number of anilines is 1. The Bertz CT molecular complexity index is 1530. The second-order valence-corrected chi connectivity index (χ2v) is 13.7. The molecule has 1 aliphatic carbocycles. The third-order valence-electron chi connectivity index (χ3n) is 8.38. The Morgan fingerprint density at radius 1 is 0.867 bits per heavy atom. The fourth-order valence-electron chi connectivity index (χ4n) is 6.07. The van der Waals surface area contributed by atoms with Crippen LogP contribution < -0.4 is 19.1 Å². The monoisotopic (exact) mass is 633 g/mol. The van der Waals surface area contributed by atoms with Gasteiger partial charge in [-0.05, 0) is 42.5 Å². The molecule has 0 aromatic heterocycles. The number of hydrogen-bond acceptors (Lipinski definition) is 6. The van der Waals surface area contributed by atoms with Gasteiger partial charge < -0.3 is 19.7 Å². The van der Waals surface area contributed by atoms with Crippen molar-refractivity contribution in [1.29, 1.82) is 0 Å². The van der Waals surface area contributed by atoms with Crippen molar-refractivity contribution in [1.82, 2.24) is 10.2 Å². The molecule has 1 N–H and O–H groups in total. The Labute approximate surface area is 266 Å². The molecule has 240 valence electrons. The number of rotatable bonds is 13. The maximum Gasteiger partial charge on any atom is 0.243 e. The predicted molar refractivity (Wildman–Crippen MR) is 175 cm³/mol. The van der Waals surface area contributed by atoms with Gasteiger partial charge >= 0.3 is 0 Å². The smallest absolute Gasteiger partial charge is 0.243 e. The van der Waals surface area contributed by atoms with E-state index in [0.29, 0.717) is 36.8 Å². The van der Waals surface area contributed by atoms with Crippen molar-refractivity contribution in [2.24, 2.45) is 0 Å². The van der Waals surface area contributed by atoms with Crippen molar-refractivity contribution in [3.8, 4) is 11.5 Å². The van der Waals surface area contributed by atoms with Gasteiger partial charge in [0.1, 0.15) is 19.3 Å². The number of fused-ring (bicyclic) bond motifs is 1. The third-order valence-corrected chi connectivity index (χ3v) is 9.58. The molecular weight excluding hydrogens is 590 g/mol. The van der Waals surface area contributed by atoms with E-state index in [1.54, 1.807) is 23.1 Å². The number of benzene rings is 3. The standard InChI is InChI=1S/C35H43N3O6S/c1-45(41,42)38(30-19-20-32-33(25-30)44-23-22-43-32)21-11-18-34(39)37(26-28-14-7-3-8-15-28)31(24-27-12-5-2-6-13-27)35(40)36-29-16-9-4-10-17-29/h2-3,5-8,12-15,19-20,25,29,31H,4,9-11,16-18,21-24,26H2,1H3,(H,36,40). The van der Waals surface area contributed by atoms with Crippen LogP contribution in [0.25, 0.3) is 0 Å². The second-order valence-electron chi connectivity index (χ2n) is 11.8. The number of carbonyl (C=O) groups is 2. The number of nitrogens with zero attached hydrogens (tertiary/aromatic N) is 2. The van der Waals surface area contributed by atoms with Crippen LogP contribution >= 0.6 is 0 Å². The Morgan fingerprint density at radius 3 is 2.18 bits per heavy atom. The Kier molecular flexibility index (Phi) is 11.0. The molecule has 1 unspecified atom stereocenters. The number of nitrogens with one attached hydrogen (secondary N) is 1. The van der Waals surface area contributed by atoms with E-state index in [1.807, 2.05) is 60.7 Å². The summed E-state index contributed by atoms with van der Waals surface area (Å²) in [4.78, 5) is 29.7. The molecule has 1 fully saturated rings. The summed E-state index contributed by atoms with van der Waals surface area (Å²) in [6.45, 7) is 1.20. The van der Waals surface area contributed by atoms with Gasteiger partial charge in [-0.15, -0.1) is 0 Å². The zero-order chi connectivity index (χ0) is 31.6. The van der Waals surface area contributed by atoms with E-state index in [-0.39, 0.29) is 43.8 Å². The molecule has 10 heteroatoms. The first kappa shape index (κ1) is 32.3. The summed E-state index contributed by atoms with van der Waals surface area (Å²) in [5, 5.41) is 3.26. The van der Waals surface area contributed by atoms with Crippen LogP contribution in [0.1, 0.15) is 56.1 Å². The molecule has 0 radical (unpaired) electrons. The molecule has 0 bridgehead atoms. The Hall–Kier alpha value is -4.05. The van der Waals surface area contributed by atoms with E-state index >= 15 is 0 Å². The van der Waals surface area contributed by atoms with E-state index in [0.717, 1.165) is 43.1 Å².